The van der Waals surface area contributed by atoms with E-state index in [0.717, 1.165) is 13.0 Å². The van der Waals surface area contributed by atoms with Crippen molar-refractivity contribution >= 4 is 20.6 Å². The molecule has 2 aromatic carbocycles. The van der Waals surface area contributed by atoms with Crippen LogP contribution in [0, 0.1) is 5.92 Å². The molecule has 2 unspecified atom stereocenters. The first-order valence-electron chi connectivity index (χ1n) is 7.47. The van der Waals surface area contributed by atoms with Crippen LogP contribution in [0.25, 0.3) is 10.8 Å². The molecule has 0 bridgehead atoms. The summed E-state index contributed by atoms with van der Waals surface area (Å²) in [5.41, 5.74) is 1.27. The van der Waals surface area contributed by atoms with Gasteiger partial charge in [-0.1, -0.05) is 42.5 Å². The van der Waals surface area contributed by atoms with Crippen molar-refractivity contribution in [3.8, 4) is 0 Å². The van der Waals surface area contributed by atoms with Gasteiger partial charge in [-0.2, -0.15) is 0 Å². The van der Waals surface area contributed by atoms with Crippen LogP contribution in [-0.2, 0) is 9.84 Å². The van der Waals surface area contributed by atoms with Crippen LogP contribution in [-0.4, -0.2) is 26.5 Å². The molecule has 1 aliphatic heterocycles. The van der Waals surface area contributed by atoms with Gasteiger partial charge in [0.2, 0.25) is 0 Å². The summed E-state index contributed by atoms with van der Waals surface area (Å²) in [4.78, 5) is 0. The predicted molar refractivity (Wildman–Crippen MR) is 87.1 cm³/mol. The molecular formula is C17H21NO2S. The average molecular weight is 303 g/mol. The standard InChI is InChI=1S/C17H21NO2S/c1-13(18-11-14-9-10-21(19,20)12-14)16-8-4-6-15-5-2-3-7-17(15)16/h2-8,13-14,18H,9-12H2,1H3. The van der Waals surface area contributed by atoms with Crippen molar-refractivity contribution in [1.29, 1.82) is 0 Å². The fourth-order valence-electron chi connectivity index (χ4n) is 3.11. The van der Waals surface area contributed by atoms with Gasteiger partial charge in [-0.3, -0.25) is 0 Å². The quantitative estimate of drug-likeness (QED) is 0.944. The van der Waals surface area contributed by atoms with Crippen LogP contribution in [0.2, 0.25) is 0 Å². The smallest absolute Gasteiger partial charge is 0.150 e. The van der Waals surface area contributed by atoms with Crippen molar-refractivity contribution in [3.63, 3.8) is 0 Å². The van der Waals surface area contributed by atoms with Gasteiger partial charge >= 0.3 is 0 Å². The highest BCUT2D eigenvalue weighted by molar-refractivity contribution is 7.91. The lowest BCUT2D eigenvalue weighted by Crippen LogP contribution is -2.26. The van der Waals surface area contributed by atoms with Crippen LogP contribution >= 0.6 is 0 Å². The average Bonchev–Trinajstić information content (AvgIpc) is 2.83. The number of benzene rings is 2. The van der Waals surface area contributed by atoms with Gasteiger partial charge in [-0.05, 0) is 42.1 Å². The summed E-state index contributed by atoms with van der Waals surface area (Å²) in [7, 11) is -2.78. The zero-order valence-electron chi connectivity index (χ0n) is 12.2. The van der Waals surface area contributed by atoms with Gasteiger partial charge in [0.25, 0.3) is 0 Å². The van der Waals surface area contributed by atoms with Crippen LogP contribution < -0.4 is 5.32 Å². The summed E-state index contributed by atoms with van der Waals surface area (Å²) in [5, 5.41) is 6.01. The second kappa shape index (κ2) is 5.78. The van der Waals surface area contributed by atoms with Crippen molar-refractivity contribution in [2.45, 2.75) is 19.4 Å². The topological polar surface area (TPSA) is 46.2 Å². The summed E-state index contributed by atoms with van der Waals surface area (Å²) in [6, 6.07) is 14.9. The third kappa shape index (κ3) is 3.27. The van der Waals surface area contributed by atoms with Crippen molar-refractivity contribution in [3.05, 3.63) is 48.0 Å². The summed E-state index contributed by atoms with van der Waals surface area (Å²) in [6.07, 6.45) is 0.789. The van der Waals surface area contributed by atoms with E-state index in [1.807, 2.05) is 6.07 Å². The minimum Gasteiger partial charge on any atom is -0.310 e. The molecule has 4 heteroatoms. The van der Waals surface area contributed by atoms with E-state index in [2.05, 4.69) is 48.6 Å². The zero-order chi connectivity index (χ0) is 14.9. The Bertz CT molecular complexity index is 734. The summed E-state index contributed by atoms with van der Waals surface area (Å²) >= 11 is 0. The van der Waals surface area contributed by atoms with Crippen molar-refractivity contribution < 1.29 is 8.42 Å². The molecule has 3 rings (SSSR count). The molecule has 1 saturated heterocycles. The zero-order valence-corrected chi connectivity index (χ0v) is 13.1. The largest absolute Gasteiger partial charge is 0.310 e. The lowest BCUT2D eigenvalue weighted by molar-refractivity contribution is 0.477. The molecule has 1 fully saturated rings. The Labute approximate surface area is 126 Å². The fraction of sp³-hybridized carbons (Fsp3) is 0.412. The van der Waals surface area contributed by atoms with E-state index in [9.17, 15) is 8.42 Å². The second-order valence-electron chi connectivity index (χ2n) is 5.97. The van der Waals surface area contributed by atoms with E-state index in [1.165, 1.54) is 16.3 Å². The molecule has 1 heterocycles. The van der Waals surface area contributed by atoms with Crippen LogP contribution in [0.3, 0.4) is 0 Å². The third-order valence-corrected chi connectivity index (χ3v) is 6.17. The summed E-state index contributed by atoms with van der Waals surface area (Å²) < 4.78 is 23.0. The highest BCUT2D eigenvalue weighted by atomic mass is 32.2. The Morgan fingerprint density at radius 3 is 2.71 bits per heavy atom. The van der Waals surface area contributed by atoms with Crippen LogP contribution in [0.5, 0.6) is 0 Å². The SMILES string of the molecule is CC(NCC1CCS(=O)(=O)C1)c1cccc2ccccc12. The van der Waals surface area contributed by atoms with Crippen molar-refractivity contribution in [1.82, 2.24) is 5.32 Å². The van der Waals surface area contributed by atoms with Crippen molar-refractivity contribution in [2.24, 2.45) is 5.92 Å². The van der Waals surface area contributed by atoms with E-state index in [1.54, 1.807) is 0 Å². The Morgan fingerprint density at radius 1 is 1.19 bits per heavy atom. The van der Waals surface area contributed by atoms with Gasteiger partial charge < -0.3 is 5.32 Å². The number of hydrogen-bond acceptors (Lipinski definition) is 3. The Morgan fingerprint density at radius 2 is 1.95 bits per heavy atom. The molecule has 0 aromatic heterocycles. The molecule has 0 radical (unpaired) electrons. The minimum absolute atomic E-state index is 0.222. The van der Waals surface area contributed by atoms with Gasteiger partial charge in [-0.25, -0.2) is 8.42 Å². The molecule has 0 aliphatic carbocycles. The third-order valence-electron chi connectivity index (χ3n) is 4.33. The molecular weight excluding hydrogens is 282 g/mol. The number of sulfone groups is 1. The number of hydrogen-bond donors (Lipinski definition) is 1. The lowest BCUT2D eigenvalue weighted by Gasteiger charge is -2.18. The molecule has 2 atom stereocenters. The maximum absolute atomic E-state index is 11.5. The molecule has 0 spiro atoms. The highest BCUT2D eigenvalue weighted by Gasteiger charge is 2.27. The van der Waals surface area contributed by atoms with Gasteiger partial charge in [0.1, 0.15) is 0 Å². The normalized spacial score (nSPS) is 22.4. The lowest BCUT2D eigenvalue weighted by atomic mass is 9.99. The van der Waals surface area contributed by atoms with Crippen LogP contribution in [0.1, 0.15) is 24.9 Å². The van der Waals surface area contributed by atoms with E-state index < -0.39 is 9.84 Å². The Balaban J connectivity index is 1.71. The first-order chi connectivity index (χ1) is 10.1. The van der Waals surface area contributed by atoms with E-state index in [4.69, 9.17) is 0 Å². The van der Waals surface area contributed by atoms with E-state index in [0.29, 0.717) is 11.5 Å². The van der Waals surface area contributed by atoms with Gasteiger partial charge in [0.05, 0.1) is 11.5 Å². The molecule has 1 N–H and O–H groups in total. The molecule has 112 valence electrons. The first kappa shape index (κ1) is 14.5. The number of rotatable bonds is 4. The minimum atomic E-state index is -2.78. The fourth-order valence-corrected chi connectivity index (χ4v) is 4.98. The van der Waals surface area contributed by atoms with E-state index >= 15 is 0 Å². The predicted octanol–water partition coefficient (Wildman–Crippen LogP) is 2.93. The molecule has 3 nitrogen and oxygen atoms in total. The molecule has 0 saturated carbocycles. The monoisotopic (exact) mass is 303 g/mol. The number of fused-ring (bicyclic) bond motifs is 1. The van der Waals surface area contributed by atoms with Gasteiger partial charge in [0, 0.05) is 6.04 Å². The van der Waals surface area contributed by atoms with Crippen LogP contribution in [0.4, 0.5) is 0 Å². The first-order valence-corrected chi connectivity index (χ1v) is 9.29. The summed E-state index contributed by atoms with van der Waals surface area (Å²) in [6.45, 7) is 2.91. The molecule has 2 aromatic rings. The highest BCUT2D eigenvalue weighted by Crippen LogP contribution is 2.25. The maximum atomic E-state index is 11.5. The Hall–Kier alpha value is -1.39. The number of nitrogens with one attached hydrogen (secondary N) is 1. The Kier molecular flexibility index (Phi) is 4.00. The molecule has 1 aliphatic rings. The summed E-state index contributed by atoms with van der Waals surface area (Å²) in [5.74, 6) is 0.942. The van der Waals surface area contributed by atoms with Gasteiger partial charge in [-0.15, -0.1) is 0 Å². The maximum Gasteiger partial charge on any atom is 0.150 e. The van der Waals surface area contributed by atoms with Crippen LogP contribution in [0.15, 0.2) is 42.5 Å². The molecule has 0 amide bonds. The molecule has 21 heavy (non-hydrogen) atoms. The van der Waals surface area contributed by atoms with Gasteiger partial charge in [0.15, 0.2) is 9.84 Å². The van der Waals surface area contributed by atoms with Crippen molar-refractivity contribution in [2.75, 3.05) is 18.1 Å². The van der Waals surface area contributed by atoms with E-state index in [-0.39, 0.29) is 12.0 Å². The second-order valence-corrected chi connectivity index (χ2v) is 8.20.